The van der Waals surface area contributed by atoms with Crippen molar-refractivity contribution in [1.29, 1.82) is 5.41 Å². The van der Waals surface area contributed by atoms with E-state index >= 15 is 0 Å². The van der Waals surface area contributed by atoms with Gasteiger partial charge in [0.1, 0.15) is 17.2 Å². The molecule has 2 aromatic carbocycles. The minimum absolute atomic E-state index is 0.0502. The number of amidine groups is 1. The Balaban J connectivity index is 1.17. The van der Waals surface area contributed by atoms with Gasteiger partial charge in [-0.3, -0.25) is 5.41 Å². The minimum Gasteiger partial charge on any atom is -0.446 e. The Bertz CT molecular complexity index is 2300. The lowest BCUT2D eigenvalue weighted by Gasteiger charge is -2.33. The van der Waals surface area contributed by atoms with Crippen molar-refractivity contribution in [3.05, 3.63) is 113 Å². The van der Waals surface area contributed by atoms with Gasteiger partial charge in [-0.05, 0) is 125 Å². The van der Waals surface area contributed by atoms with Crippen LogP contribution in [0.25, 0.3) is 5.70 Å². The van der Waals surface area contributed by atoms with Crippen molar-refractivity contribution >= 4 is 69.4 Å². The molecule has 5 aliphatic rings. The molecule has 0 spiro atoms. The lowest BCUT2D eigenvalue weighted by molar-refractivity contribution is 0.550. The normalized spacial score (nSPS) is 18.1. The maximum absolute atomic E-state index is 8.71. The van der Waals surface area contributed by atoms with Crippen molar-refractivity contribution in [2.75, 3.05) is 46.6 Å². The van der Waals surface area contributed by atoms with Gasteiger partial charge in [0.05, 0.1) is 28.5 Å². The summed E-state index contributed by atoms with van der Waals surface area (Å²) in [6.45, 7) is 7.94. The maximum atomic E-state index is 8.71. The number of nitrogens with one attached hydrogen (secondary N) is 3. The van der Waals surface area contributed by atoms with Crippen LogP contribution >= 0.6 is 0 Å². The lowest BCUT2D eigenvalue weighted by atomic mass is 10.0. The SMILES string of the molecule is Cc1ccc(Nc2cc(N3CCCCC3)ccc2C2=CC3=CC(c4ccc(N5CCCCC5)cc4Nc4ccc(C)o4)=NC4=NC(C(=N)/C=C\N)=NC(=N2)N34)o1. The van der Waals surface area contributed by atoms with Crippen LogP contribution in [0.4, 0.5) is 34.5 Å². The number of benzene rings is 2. The molecule has 284 valence electrons. The molecule has 56 heavy (non-hydrogen) atoms. The standard InChI is InChI=1S/C43H45N11O2/c1-27-9-15-39(55-27)46-35-23-29(52-19-5-3-6-20-52)11-13-32(35)37-25-31-26-38(49-43-51-41(34(45)17-18-44)50-42(48-37)54(31)43)33-14-12-30(53-21-7-4-8-22-53)24-36(33)47-40-16-10-28(2)56-40/h9-18,23-26,45-47H,3-8,19-22,44H2,1-2H3/b18-17-,45-34?. The van der Waals surface area contributed by atoms with Gasteiger partial charge in [-0.1, -0.05) is 0 Å². The molecule has 2 saturated heterocycles. The third-order valence-corrected chi connectivity index (χ3v) is 10.6. The van der Waals surface area contributed by atoms with Crippen LogP contribution in [0.2, 0.25) is 0 Å². The summed E-state index contributed by atoms with van der Waals surface area (Å²) in [5.41, 5.74) is 13.7. The fraction of sp³-hybridized carbons (Fsp3) is 0.279. The Labute approximate surface area is 325 Å². The van der Waals surface area contributed by atoms with Crippen LogP contribution in [-0.4, -0.2) is 60.3 Å². The predicted molar refractivity (Wildman–Crippen MR) is 226 cm³/mol. The van der Waals surface area contributed by atoms with Gasteiger partial charge in [-0.2, -0.15) is 9.98 Å². The number of nitrogens with zero attached hydrogens (tertiary/aromatic N) is 7. The van der Waals surface area contributed by atoms with Crippen LogP contribution in [-0.2, 0) is 0 Å². The Morgan fingerprint density at radius 1 is 0.679 bits per heavy atom. The first kappa shape index (κ1) is 35.1. The lowest BCUT2D eigenvalue weighted by Crippen LogP contribution is -2.42. The first-order valence-electron chi connectivity index (χ1n) is 19.4. The molecule has 0 aliphatic carbocycles. The zero-order valence-corrected chi connectivity index (χ0v) is 31.7. The number of nitrogens with two attached hydrogens (primary N) is 1. The molecule has 5 aliphatic heterocycles. The van der Waals surface area contributed by atoms with Gasteiger partial charge < -0.3 is 35.0 Å². The Morgan fingerprint density at radius 3 is 1.82 bits per heavy atom. The second-order valence-corrected chi connectivity index (χ2v) is 14.6. The molecule has 13 heteroatoms. The maximum Gasteiger partial charge on any atom is 0.239 e. The fourth-order valence-electron chi connectivity index (χ4n) is 7.77. The molecule has 13 nitrogen and oxygen atoms in total. The Hall–Kier alpha value is -6.63. The summed E-state index contributed by atoms with van der Waals surface area (Å²) < 4.78 is 12.0. The molecule has 7 heterocycles. The highest BCUT2D eigenvalue weighted by atomic mass is 16.4. The number of guanidine groups is 2. The molecule has 0 radical (unpaired) electrons. The van der Waals surface area contributed by atoms with Gasteiger partial charge in [0.25, 0.3) is 0 Å². The highest BCUT2D eigenvalue weighted by Crippen LogP contribution is 2.38. The number of aryl methyl sites for hydroxylation is 2. The number of rotatable bonds is 10. The van der Waals surface area contributed by atoms with Gasteiger partial charge in [-0.25, -0.2) is 14.9 Å². The van der Waals surface area contributed by atoms with Gasteiger partial charge in [0, 0.05) is 60.8 Å². The van der Waals surface area contributed by atoms with E-state index < -0.39 is 0 Å². The summed E-state index contributed by atoms with van der Waals surface area (Å²) in [7, 11) is 0. The number of hydrogen-bond acceptors (Lipinski definition) is 13. The summed E-state index contributed by atoms with van der Waals surface area (Å²) in [6.07, 6.45) is 14.0. The number of aliphatic imine (C=N–C) groups is 4. The molecule has 0 amide bonds. The van der Waals surface area contributed by atoms with E-state index in [1.54, 1.807) is 0 Å². The first-order chi connectivity index (χ1) is 27.4. The monoisotopic (exact) mass is 747 g/mol. The molecular weight excluding hydrogens is 703 g/mol. The number of anilines is 6. The van der Waals surface area contributed by atoms with E-state index in [4.69, 9.17) is 39.9 Å². The fourth-order valence-corrected chi connectivity index (χ4v) is 7.77. The summed E-state index contributed by atoms with van der Waals surface area (Å²) in [5, 5.41) is 15.8. The molecule has 9 rings (SSSR count). The van der Waals surface area contributed by atoms with Gasteiger partial charge in [-0.15, -0.1) is 0 Å². The van der Waals surface area contributed by atoms with Gasteiger partial charge >= 0.3 is 0 Å². The first-order valence-corrected chi connectivity index (χ1v) is 19.4. The average molecular weight is 748 g/mol. The van der Waals surface area contributed by atoms with Crippen molar-refractivity contribution in [2.24, 2.45) is 25.7 Å². The molecule has 5 N–H and O–H groups in total. The number of allylic oxidation sites excluding steroid dienone is 2. The van der Waals surface area contributed by atoms with Crippen LogP contribution in [0.3, 0.4) is 0 Å². The van der Waals surface area contributed by atoms with Crippen molar-refractivity contribution in [2.45, 2.75) is 52.4 Å². The quantitative estimate of drug-likeness (QED) is 0.117. The van der Waals surface area contributed by atoms with Crippen LogP contribution < -0.4 is 26.2 Å². The molecule has 2 aromatic heterocycles. The minimum atomic E-state index is 0.0502. The van der Waals surface area contributed by atoms with Gasteiger partial charge in [0.2, 0.25) is 11.9 Å². The van der Waals surface area contributed by atoms with E-state index in [0.717, 1.165) is 77.3 Å². The number of hydrogen-bond donors (Lipinski definition) is 4. The molecule has 2 fully saturated rings. The molecule has 4 aromatic rings. The van der Waals surface area contributed by atoms with Crippen molar-refractivity contribution < 1.29 is 8.83 Å². The largest absolute Gasteiger partial charge is 0.446 e. The number of furan rings is 2. The van der Waals surface area contributed by atoms with Crippen LogP contribution in [0.15, 0.2) is 120 Å². The Kier molecular flexibility index (Phi) is 9.33. The van der Waals surface area contributed by atoms with Crippen LogP contribution in [0.5, 0.6) is 0 Å². The van der Waals surface area contributed by atoms with Crippen LogP contribution in [0.1, 0.15) is 61.2 Å². The van der Waals surface area contributed by atoms with E-state index in [-0.39, 0.29) is 11.5 Å². The molecular formula is C43H45N11O2. The van der Waals surface area contributed by atoms with Crippen molar-refractivity contribution in [3.63, 3.8) is 0 Å². The average Bonchev–Trinajstić information content (AvgIpc) is 3.84. The summed E-state index contributed by atoms with van der Waals surface area (Å²) in [5.74, 6) is 3.80. The molecule has 0 unspecified atom stereocenters. The highest BCUT2D eigenvalue weighted by Gasteiger charge is 2.34. The second-order valence-electron chi connectivity index (χ2n) is 14.6. The third-order valence-electron chi connectivity index (χ3n) is 10.6. The van der Waals surface area contributed by atoms with E-state index in [1.807, 2.05) is 55.2 Å². The van der Waals surface area contributed by atoms with Crippen LogP contribution in [0, 0.1) is 19.3 Å². The summed E-state index contributed by atoms with van der Waals surface area (Å²) in [4.78, 5) is 26.4. The summed E-state index contributed by atoms with van der Waals surface area (Å²) in [6, 6.07) is 20.7. The second kappa shape index (κ2) is 14.9. The molecule has 0 atom stereocenters. The third kappa shape index (κ3) is 7.03. The topological polar surface area (TPSA) is 159 Å². The van der Waals surface area contributed by atoms with Gasteiger partial charge in [0.15, 0.2) is 17.6 Å². The Morgan fingerprint density at radius 2 is 1.25 bits per heavy atom. The predicted octanol–water partition coefficient (Wildman–Crippen LogP) is 8.62. The molecule has 0 saturated carbocycles. The van der Waals surface area contributed by atoms with E-state index in [0.29, 0.717) is 35.1 Å². The van der Waals surface area contributed by atoms with Crippen molar-refractivity contribution in [3.8, 4) is 0 Å². The van der Waals surface area contributed by atoms with E-state index in [9.17, 15) is 0 Å². The summed E-state index contributed by atoms with van der Waals surface area (Å²) >= 11 is 0. The highest BCUT2D eigenvalue weighted by molar-refractivity contribution is 6.48. The number of piperidine rings is 2. The molecule has 0 bridgehead atoms. The van der Waals surface area contributed by atoms with E-state index in [2.05, 4.69) is 56.8 Å². The van der Waals surface area contributed by atoms with Crippen molar-refractivity contribution in [1.82, 2.24) is 4.90 Å². The van der Waals surface area contributed by atoms with E-state index in [1.165, 1.54) is 50.8 Å². The smallest absolute Gasteiger partial charge is 0.239 e. The zero-order chi connectivity index (χ0) is 38.2. The zero-order valence-electron chi connectivity index (χ0n) is 31.7.